The van der Waals surface area contributed by atoms with Gasteiger partial charge in [-0.05, 0) is 119 Å². The van der Waals surface area contributed by atoms with Crippen molar-refractivity contribution in [2.75, 3.05) is 6.61 Å². The van der Waals surface area contributed by atoms with Crippen molar-refractivity contribution in [2.45, 2.75) is 189 Å². The highest BCUT2D eigenvalue weighted by molar-refractivity contribution is 5.77. The summed E-state index contributed by atoms with van der Waals surface area (Å²) in [4.78, 5) is 35.2. The molecule has 0 aromatic heterocycles. The summed E-state index contributed by atoms with van der Waals surface area (Å²) in [6.07, 6.45) is -0.0733. The van der Waals surface area contributed by atoms with Crippen LogP contribution in [-0.4, -0.2) is 59.3 Å². The summed E-state index contributed by atoms with van der Waals surface area (Å²) in [7, 11) is 0. The summed E-state index contributed by atoms with van der Waals surface area (Å²) in [6, 6.07) is 0. The number of hydrogen-bond acceptors (Lipinski definition) is 7. The predicted molar refractivity (Wildman–Crippen MR) is 180 cm³/mol. The summed E-state index contributed by atoms with van der Waals surface area (Å²) >= 11 is 0. The predicted octanol–water partition coefficient (Wildman–Crippen LogP) is 10.4. The van der Waals surface area contributed by atoms with Crippen molar-refractivity contribution in [1.82, 2.24) is 0 Å². The Balaban J connectivity index is 0.000000767. The van der Waals surface area contributed by atoms with Crippen LogP contribution in [-0.2, 0) is 28.6 Å². The topological polar surface area (TPSA) is 99.1 Å². The van der Waals surface area contributed by atoms with E-state index >= 15 is 0 Å². The number of hydrogen-bond donors (Lipinski definition) is 1. The molecule has 2 saturated carbocycles. The van der Waals surface area contributed by atoms with Crippen LogP contribution in [0.1, 0.15) is 160 Å². The Labute approximate surface area is 295 Å². The molecule has 7 nitrogen and oxygen atoms in total. The highest BCUT2D eigenvalue weighted by atomic mass is 19.4. The Hall–Kier alpha value is -2.05. The molecule has 2 aliphatic rings. The summed E-state index contributed by atoms with van der Waals surface area (Å²) in [5.74, 6) is -1.46. The first-order valence-corrected chi connectivity index (χ1v) is 18.0. The van der Waals surface area contributed by atoms with Crippen molar-refractivity contribution < 1.29 is 60.0 Å². The number of alkyl halides is 6. The number of esters is 3. The van der Waals surface area contributed by atoms with Crippen molar-refractivity contribution in [1.29, 1.82) is 0 Å². The first-order chi connectivity index (χ1) is 22.5. The molecule has 2 rings (SSSR count). The standard InChI is InChI=1S/C17H29F3O3.C12H22O2.C8H13F3O2/c1-5-15(2,3)14(21)23-13(12-9-7-6-8-10-12)11-16(4,22)17(18,19)20;1-5-11(2,3)10(13)14-12(4)8-6-7-9-12;1-4-7(2,3)6(12)13-5-8(9,10)11/h12-13,22H,5-11H2,1-4H3;5-9H2,1-4H3;4-5H2,1-3H3. The Morgan fingerprint density at radius 3 is 1.52 bits per heavy atom. The minimum absolute atomic E-state index is 0.0376. The lowest BCUT2D eigenvalue weighted by Gasteiger charge is -2.37. The molecule has 0 saturated heterocycles. The van der Waals surface area contributed by atoms with Gasteiger partial charge in [-0.1, -0.05) is 40.0 Å². The van der Waals surface area contributed by atoms with E-state index in [1.807, 2.05) is 27.7 Å². The molecule has 0 amide bonds. The molecule has 0 aliphatic heterocycles. The van der Waals surface area contributed by atoms with Crippen LogP contribution in [0.25, 0.3) is 0 Å². The number of aliphatic hydroxyl groups is 1. The minimum atomic E-state index is -4.74. The van der Waals surface area contributed by atoms with E-state index in [-0.39, 0.29) is 22.9 Å². The number of carbonyl (C=O) groups excluding carboxylic acids is 3. The molecule has 0 aromatic rings. The second-order valence-electron chi connectivity index (χ2n) is 16.3. The molecular formula is C37H64F6O7. The number of carbonyl (C=O) groups is 3. The highest BCUT2D eigenvalue weighted by Gasteiger charge is 2.52. The summed E-state index contributed by atoms with van der Waals surface area (Å²) in [6.45, 7) is 17.3. The quantitative estimate of drug-likeness (QED) is 0.121. The van der Waals surface area contributed by atoms with Crippen LogP contribution in [0.4, 0.5) is 26.3 Å². The number of ether oxygens (including phenoxy) is 3. The van der Waals surface area contributed by atoms with Gasteiger partial charge in [0.1, 0.15) is 11.7 Å². The van der Waals surface area contributed by atoms with Gasteiger partial charge >= 0.3 is 30.3 Å². The van der Waals surface area contributed by atoms with E-state index in [1.54, 1.807) is 34.6 Å². The molecule has 2 atom stereocenters. The van der Waals surface area contributed by atoms with Gasteiger partial charge in [0.2, 0.25) is 0 Å². The summed E-state index contributed by atoms with van der Waals surface area (Å²) in [5.41, 5.74) is -4.94. The molecule has 0 aromatic carbocycles. The van der Waals surface area contributed by atoms with Gasteiger partial charge in [0.05, 0.1) is 16.2 Å². The normalized spacial score (nSPS) is 19.1. The van der Waals surface area contributed by atoms with Crippen molar-refractivity contribution in [3.8, 4) is 0 Å². The molecular weight excluding hydrogens is 670 g/mol. The highest BCUT2D eigenvalue weighted by Crippen LogP contribution is 2.40. The minimum Gasteiger partial charge on any atom is -0.462 e. The lowest BCUT2D eigenvalue weighted by Crippen LogP contribution is -2.48. The first kappa shape index (κ1) is 48.0. The summed E-state index contributed by atoms with van der Waals surface area (Å²) in [5, 5.41) is 9.81. The third kappa shape index (κ3) is 16.5. The van der Waals surface area contributed by atoms with Crippen molar-refractivity contribution in [3.05, 3.63) is 0 Å². The molecule has 13 heteroatoms. The van der Waals surface area contributed by atoms with E-state index in [4.69, 9.17) is 9.47 Å². The van der Waals surface area contributed by atoms with Gasteiger partial charge in [-0.15, -0.1) is 0 Å². The van der Waals surface area contributed by atoms with Crippen molar-refractivity contribution in [2.24, 2.45) is 22.2 Å². The van der Waals surface area contributed by atoms with Crippen LogP contribution in [0.2, 0.25) is 0 Å². The van der Waals surface area contributed by atoms with E-state index in [2.05, 4.69) is 11.7 Å². The van der Waals surface area contributed by atoms with E-state index in [1.165, 1.54) is 12.8 Å². The number of halogens is 6. The average molecular weight is 735 g/mol. The molecule has 50 heavy (non-hydrogen) atoms. The molecule has 2 aliphatic carbocycles. The van der Waals surface area contributed by atoms with Gasteiger partial charge in [0.25, 0.3) is 0 Å². The van der Waals surface area contributed by atoms with Gasteiger partial charge in [0, 0.05) is 6.42 Å². The van der Waals surface area contributed by atoms with Crippen LogP contribution in [0.3, 0.4) is 0 Å². The second-order valence-corrected chi connectivity index (χ2v) is 16.3. The van der Waals surface area contributed by atoms with Crippen LogP contribution < -0.4 is 0 Å². The van der Waals surface area contributed by atoms with Crippen LogP contribution in [0, 0.1) is 22.2 Å². The van der Waals surface area contributed by atoms with Gasteiger partial charge < -0.3 is 19.3 Å². The first-order valence-electron chi connectivity index (χ1n) is 18.0. The fourth-order valence-corrected chi connectivity index (χ4v) is 4.98. The third-order valence-corrected chi connectivity index (χ3v) is 10.3. The molecule has 1 N–H and O–H groups in total. The lowest BCUT2D eigenvalue weighted by molar-refractivity contribution is -0.264. The van der Waals surface area contributed by atoms with Gasteiger partial charge in [0.15, 0.2) is 12.2 Å². The molecule has 0 spiro atoms. The molecule has 2 fully saturated rings. The molecule has 296 valence electrons. The van der Waals surface area contributed by atoms with E-state index in [0.717, 1.165) is 58.3 Å². The Bertz CT molecular complexity index is 1050. The Morgan fingerprint density at radius 2 is 1.12 bits per heavy atom. The fourth-order valence-electron chi connectivity index (χ4n) is 4.98. The third-order valence-electron chi connectivity index (χ3n) is 10.3. The van der Waals surface area contributed by atoms with Crippen LogP contribution in [0.5, 0.6) is 0 Å². The molecule has 2 unspecified atom stereocenters. The maximum atomic E-state index is 13.0. The zero-order chi connectivity index (χ0) is 39.4. The van der Waals surface area contributed by atoms with Crippen LogP contribution >= 0.6 is 0 Å². The number of rotatable bonds is 12. The Morgan fingerprint density at radius 1 is 0.700 bits per heavy atom. The van der Waals surface area contributed by atoms with E-state index < -0.39 is 59.9 Å². The second kappa shape index (κ2) is 19.1. The van der Waals surface area contributed by atoms with Crippen molar-refractivity contribution >= 4 is 17.9 Å². The smallest absolute Gasteiger partial charge is 0.422 e. The zero-order valence-electron chi connectivity index (χ0n) is 32.2. The van der Waals surface area contributed by atoms with Crippen LogP contribution in [0.15, 0.2) is 0 Å². The zero-order valence-corrected chi connectivity index (χ0v) is 32.2. The molecule has 0 radical (unpaired) electrons. The lowest BCUT2D eigenvalue weighted by atomic mass is 9.80. The largest absolute Gasteiger partial charge is 0.462 e. The monoisotopic (exact) mass is 734 g/mol. The summed E-state index contributed by atoms with van der Waals surface area (Å²) < 4.78 is 89.1. The maximum absolute atomic E-state index is 13.0. The van der Waals surface area contributed by atoms with Gasteiger partial charge in [-0.25, -0.2) is 0 Å². The molecule has 0 heterocycles. The Kier molecular flexibility index (Phi) is 18.4. The van der Waals surface area contributed by atoms with Gasteiger partial charge in [-0.3, -0.25) is 14.4 Å². The SMILES string of the molecule is CCC(C)(C)C(=O)OC(CC(C)(O)C(F)(F)F)C1CCCCC1.CCC(C)(C)C(=O)OC1(C)CCCC1.CCC(C)(C)C(=O)OCC(F)(F)F. The van der Waals surface area contributed by atoms with E-state index in [0.29, 0.717) is 12.8 Å². The molecule has 0 bridgehead atoms. The maximum Gasteiger partial charge on any atom is 0.422 e. The van der Waals surface area contributed by atoms with Gasteiger partial charge in [-0.2, -0.15) is 26.3 Å². The fraction of sp³-hybridized carbons (Fsp3) is 0.919. The van der Waals surface area contributed by atoms with Crippen molar-refractivity contribution in [3.63, 3.8) is 0 Å². The average Bonchev–Trinajstić information content (AvgIpc) is 3.44. The van der Waals surface area contributed by atoms with E-state index in [9.17, 15) is 45.8 Å².